The van der Waals surface area contributed by atoms with Gasteiger partial charge in [-0.15, -0.1) is 0 Å². The number of amides is 1. The van der Waals surface area contributed by atoms with Crippen LogP contribution in [0.2, 0.25) is 12.6 Å². The molecule has 2 nitrogen and oxygen atoms in total. The summed E-state index contributed by atoms with van der Waals surface area (Å²) in [6.07, 6.45) is 0.431. The molecule has 54 valence electrons. The standard InChI is InChI=1S/C4H9F2NOSi/c1-9(5,6)3-2-7-4-8/h4H,2-3H2,1H3,(H,7,8). The molecule has 0 aliphatic carbocycles. The van der Waals surface area contributed by atoms with Crippen molar-refractivity contribution in [2.75, 3.05) is 6.54 Å². The predicted octanol–water partition coefficient (Wildman–Crippen LogP) is 0.743. The molecular formula is C4H9F2NOSi. The summed E-state index contributed by atoms with van der Waals surface area (Å²) in [5.41, 5.74) is 0. The highest BCUT2D eigenvalue weighted by atomic mass is 28.4. The van der Waals surface area contributed by atoms with Gasteiger partial charge >= 0.3 is 8.74 Å². The fraction of sp³-hybridized carbons (Fsp3) is 0.750. The molecule has 1 N–H and O–H groups in total. The lowest BCUT2D eigenvalue weighted by Crippen LogP contribution is -2.24. The highest BCUT2D eigenvalue weighted by Crippen LogP contribution is 2.10. The lowest BCUT2D eigenvalue weighted by Gasteiger charge is -2.03. The Morgan fingerprint density at radius 2 is 2.22 bits per heavy atom. The summed E-state index contributed by atoms with van der Waals surface area (Å²) < 4.78 is 24.1. The second-order valence-electron chi connectivity index (χ2n) is 1.89. The summed E-state index contributed by atoms with van der Waals surface area (Å²) >= 11 is 0. The molecule has 0 aromatic rings. The summed E-state index contributed by atoms with van der Waals surface area (Å²) in [4.78, 5) is 9.55. The van der Waals surface area contributed by atoms with Crippen molar-refractivity contribution in [2.45, 2.75) is 12.6 Å². The van der Waals surface area contributed by atoms with Gasteiger partial charge in [0.2, 0.25) is 6.41 Å². The zero-order valence-corrected chi connectivity index (χ0v) is 6.16. The molecular weight excluding hydrogens is 144 g/mol. The van der Waals surface area contributed by atoms with Gasteiger partial charge in [0.05, 0.1) is 0 Å². The molecule has 0 saturated carbocycles. The maximum absolute atomic E-state index is 12.0. The van der Waals surface area contributed by atoms with Crippen LogP contribution in [0.4, 0.5) is 8.22 Å². The zero-order chi connectivity index (χ0) is 7.33. The van der Waals surface area contributed by atoms with Gasteiger partial charge in [-0.25, -0.2) is 0 Å². The summed E-state index contributed by atoms with van der Waals surface area (Å²) in [7, 11) is -3.92. The monoisotopic (exact) mass is 153 g/mol. The number of carbonyl (C=O) groups excluding carboxylic acids is 1. The van der Waals surface area contributed by atoms with Gasteiger partial charge in [-0.05, 0) is 6.55 Å². The van der Waals surface area contributed by atoms with Crippen LogP contribution < -0.4 is 5.32 Å². The van der Waals surface area contributed by atoms with E-state index in [9.17, 15) is 13.0 Å². The second-order valence-corrected chi connectivity index (χ2v) is 4.53. The first kappa shape index (κ1) is 8.55. The lowest BCUT2D eigenvalue weighted by molar-refractivity contribution is -0.109. The molecule has 1 amide bonds. The minimum Gasteiger partial charge on any atom is -0.359 e. The third kappa shape index (κ3) is 7.55. The number of halogens is 2. The number of rotatable bonds is 4. The number of carbonyl (C=O) groups is 1. The van der Waals surface area contributed by atoms with Crippen LogP contribution in [0, 0.1) is 0 Å². The molecule has 0 aliphatic rings. The Kier molecular flexibility index (Phi) is 3.37. The predicted molar refractivity (Wildman–Crippen MR) is 32.7 cm³/mol. The van der Waals surface area contributed by atoms with Gasteiger partial charge in [-0.3, -0.25) is 13.0 Å². The topological polar surface area (TPSA) is 29.1 Å². The van der Waals surface area contributed by atoms with Crippen molar-refractivity contribution < 1.29 is 13.0 Å². The zero-order valence-electron chi connectivity index (χ0n) is 5.16. The Labute approximate surface area is 53.6 Å². The third-order valence-electron chi connectivity index (χ3n) is 0.792. The molecule has 0 heterocycles. The van der Waals surface area contributed by atoms with Gasteiger partial charge in [0, 0.05) is 12.6 Å². The van der Waals surface area contributed by atoms with E-state index >= 15 is 0 Å². The Morgan fingerprint density at radius 1 is 1.67 bits per heavy atom. The first-order valence-corrected chi connectivity index (χ1v) is 5.07. The summed E-state index contributed by atoms with van der Waals surface area (Å²) in [6, 6.07) is -0.161. The average molecular weight is 153 g/mol. The van der Waals surface area contributed by atoms with Crippen molar-refractivity contribution in [1.29, 1.82) is 0 Å². The molecule has 0 spiro atoms. The molecule has 0 aromatic heterocycles. The van der Waals surface area contributed by atoms with Crippen LogP contribution in [0.25, 0.3) is 0 Å². The van der Waals surface area contributed by atoms with Gasteiger partial charge in [-0.1, -0.05) is 0 Å². The van der Waals surface area contributed by atoms with Crippen molar-refractivity contribution >= 4 is 15.2 Å². The van der Waals surface area contributed by atoms with Crippen molar-refractivity contribution in [1.82, 2.24) is 5.32 Å². The van der Waals surface area contributed by atoms with Crippen LogP contribution >= 0.6 is 0 Å². The molecule has 0 aliphatic heterocycles. The Morgan fingerprint density at radius 3 is 2.56 bits per heavy atom. The summed E-state index contributed by atoms with van der Waals surface area (Å²) in [5.74, 6) is 0. The lowest BCUT2D eigenvalue weighted by atomic mass is 10.8. The first-order chi connectivity index (χ1) is 4.06. The fourth-order valence-corrected chi connectivity index (χ4v) is 0.934. The first-order valence-electron chi connectivity index (χ1n) is 2.61. The van der Waals surface area contributed by atoms with E-state index in [4.69, 9.17) is 0 Å². The van der Waals surface area contributed by atoms with E-state index in [0.29, 0.717) is 6.41 Å². The molecule has 0 atom stereocenters. The van der Waals surface area contributed by atoms with E-state index in [0.717, 1.165) is 6.55 Å². The number of nitrogens with one attached hydrogen (secondary N) is 1. The normalized spacial score (nSPS) is 11.0. The van der Waals surface area contributed by atoms with E-state index in [2.05, 4.69) is 5.32 Å². The minimum atomic E-state index is -3.92. The van der Waals surface area contributed by atoms with Crippen molar-refractivity contribution in [2.24, 2.45) is 0 Å². The van der Waals surface area contributed by atoms with E-state index in [-0.39, 0.29) is 12.6 Å². The van der Waals surface area contributed by atoms with Gasteiger partial charge < -0.3 is 5.32 Å². The van der Waals surface area contributed by atoms with E-state index in [1.54, 1.807) is 0 Å². The minimum absolute atomic E-state index is 0.0965. The largest absolute Gasteiger partial charge is 0.423 e. The maximum Gasteiger partial charge on any atom is 0.423 e. The molecule has 9 heavy (non-hydrogen) atoms. The Hall–Kier alpha value is -0.453. The van der Waals surface area contributed by atoms with E-state index in [1.807, 2.05) is 0 Å². The van der Waals surface area contributed by atoms with Gasteiger partial charge in [0.25, 0.3) is 0 Å². The molecule has 0 fully saturated rings. The molecule has 0 unspecified atom stereocenters. The van der Waals surface area contributed by atoms with Crippen LogP contribution in [0.5, 0.6) is 0 Å². The van der Waals surface area contributed by atoms with Crippen molar-refractivity contribution in [3.63, 3.8) is 0 Å². The third-order valence-corrected chi connectivity index (χ3v) is 1.92. The smallest absolute Gasteiger partial charge is 0.359 e. The van der Waals surface area contributed by atoms with Gasteiger partial charge in [0.1, 0.15) is 0 Å². The highest BCUT2D eigenvalue weighted by Gasteiger charge is 2.26. The van der Waals surface area contributed by atoms with Crippen LogP contribution in [-0.2, 0) is 4.79 Å². The molecule has 0 rings (SSSR count). The number of hydrogen-bond acceptors (Lipinski definition) is 1. The molecule has 0 aromatic carbocycles. The van der Waals surface area contributed by atoms with Gasteiger partial charge in [0.15, 0.2) is 0 Å². The van der Waals surface area contributed by atoms with Crippen molar-refractivity contribution in [3.8, 4) is 0 Å². The highest BCUT2D eigenvalue weighted by molar-refractivity contribution is 6.64. The average Bonchev–Trinajstić information content (AvgIpc) is 1.63. The van der Waals surface area contributed by atoms with Crippen molar-refractivity contribution in [3.05, 3.63) is 0 Å². The Balaban J connectivity index is 3.17. The summed E-state index contributed by atoms with van der Waals surface area (Å²) in [5, 5.41) is 2.18. The summed E-state index contributed by atoms with van der Waals surface area (Å²) in [6.45, 7) is 1.05. The fourth-order valence-electron chi connectivity index (χ4n) is 0.351. The molecule has 0 bridgehead atoms. The second kappa shape index (κ2) is 3.55. The molecule has 0 radical (unpaired) electrons. The SMILES string of the molecule is C[Si](F)(F)CCNC=O. The Bertz CT molecular complexity index is 93.1. The molecule has 0 saturated heterocycles. The van der Waals surface area contributed by atoms with Crippen LogP contribution in [0.3, 0.4) is 0 Å². The van der Waals surface area contributed by atoms with E-state index in [1.165, 1.54) is 0 Å². The van der Waals surface area contributed by atoms with Crippen LogP contribution in [0.1, 0.15) is 0 Å². The number of hydrogen-bond donors (Lipinski definition) is 1. The van der Waals surface area contributed by atoms with E-state index < -0.39 is 8.74 Å². The van der Waals surface area contributed by atoms with Crippen LogP contribution in [0.15, 0.2) is 0 Å². The quantitative estimate of drug-likeness (QED) is 0.274. The van der Waals surface area contributed by atoms with Crippen LogP contribution in [-0.4, -0.2) is 21.7 Å². The molecule has 5 heteroatoms. The maximum atomic E-state index is 12.0. The van der Waals surface area contributed by atoms with Gasteiger partial charge in [-0.2, -0.15) is 0 Å².